The highest BCUT2D eigenvalue weighted by Crippen LogP contribution is 2.57. The summed E-state index contributed by atoms with van der Waals surface area (Å²) in [4.78, 5) is 79.3. The molecule has 2 aromatic rings. The quantitative estimate of drug-likeness (QED) is 0.127. The number of hydrogen-bond donors (Lipinski definition) is 5. The van der Waals surface area contributed by atoms with E-state index in [4.69, 9.17) is 57.2 Å². The molecule has 5 N–H and O–H groups in total. The van der Waals surface area contributed by atoms with Crippen LogP contribution < -0.4 is 29.0 Å². The number of ether oxygens (including phenoxy) is 11. The molecule has 0 spiro atoms. The molecule has 4 aliphatic heterocycles. The molecule has 8 rings (SSSR count). The van der Waals surface area contributed by atoms with Crippen LogP contribution in [0.1, 0.15) is 74.7 Å². The molecular formula is C49H61N3O21. The van der Waals surface area contributed by atoms with E-state index in [1.165, 1.54) is 38.1 Å². The maximum Gasteiger partial charge on any atom is 0.415 e. The van der Waals surface area contributed by atoms with Crippen molar-refractivity contribution in [3.63, 3.8) is 0 Å². The number of nitrogens with one attached hydrogen (secondary N) is 1. The number of aliphatic hydroxyl groups excluding tert-OH is 2. The number of carbonyl (C=O) groups excluding carboxylic acids is 4. The molecule has 0 bridgehead atoms. The number of carboxylic acids is 2. The molecule has 3 saturated heterocycles. The molecule has 24 heteroatoms. The minimum Gasteiger partial charge on any atom is -0.493 e. The number of benzene rings is 2. The number of fused-ring (bicyclic) bond motifs is 4. The summed E-state index contributed by atoms with van der Waals surface area (Å²) in [5.74, 6) is -5.34. The molecule has 0 radical (unpaired) electrons. The van der Waals surface area contributed by atoms with E-state index in [1.807, 2.05) is 0 Å². The Kier molecular flexibility index (Phi) is 15.9. The van der Waals surface area contributed by atoms with Crippen molar-refractivity contribution in [2.45, 2.75) is 107 Å². The topological polar surface area (TPSA) is 303 Å². The smallest absolute Gasteiger partial charge is 0.415 e. The average molecular weight is 1030 g/mol. The summed E-state index contributed by atoms with van der Waals surface area (Å²) in [6.45, 7) is 3.28. The maximum absolute atomic E-state index is 13.9. The van der Waals surface area contributed by atoms with Crippen LogP contribution in [0.3, 0.4) is 0 Å². The van der Waals surface area contributed by atoms with E-state index in [1.54, 1.807) is 50.3 Å². The SMILES string of the molecule is COc1cc([C@@H]2c3cc4c(cc3C(OC3O[C@@H]5CO[C@@H](C)O[C@H]5[C@H](O)[C@H]3O)[C@H]3COC(=O)[C@H]23)OCO4)cc(OC)c1OC(=O)N(C)CCN(C)C(=O)O[C@H]1/C=C\CC[C@@](C)(C(=O)N[C@@H](CC(=O)O)C(=O)O)CC1. The largest absolute Gasteiger partial charge is 0.493 e. The van der Waals surface area contributed by atoms with E-state index in [-0.39, 0.29) is 63.2 Å². The number of allylic oxidation sites excluding steroid dienone is 1. The van der Waals surface area contributed by atoms with E-state index in [2.05, 4.69) is 5.32 Å². The Morgan fingerprint density at radius 1 is 0.877 bits per heavy atom. The van der Waals surface area contributed by atoms with Gasteiger partial charge in [0.05, 0.1) is 45.9 Å². The third-order valence-corrected chi connectivity index (χ3v) is 14.3. The van der Waals surface area contributed by atoms with Crippen LogP contribution in [-0.4, -0.2) is 177 Å². The Morgan fingerprint density at radius 3 is 2.21 bits per heavy atom. The zero-order valence-electron chi connectivity index (χ0n) is 41.1. The lowest BCUT2D eigenvalue weighted by Gasteiger charge is -2.47. The standard InChI is InChI=1S/C49H61N3O21/c1-23-65-21-34-42(69-23)38(55)39(56)45(71-34)72-40-27-18-31-30(67-22-68-31)17-26(27)36(37-28(40)20-66-44(37)59)24-15-32(63-5)41(33(16-24)64-6)73-48(62)52(4)14-13-51(3)47(61)70-25-9-7-8-11-49(2,12-10-25)46(60)50-29(43(57)58)19-35(53)54/h7,9,15-18,23,25,28-29,34,36-40,42,45,55-56H,8,10-14,19-22H2,1-6H3,(H,50,60)(H,53,54)(H,57,58)/b9-7-/t23-,25+,28+,29+,34-,36-,37+,38-,39-,40?,42-,45?,49-/m1/s1. The van der Waals surface area contributed by atoms with Crippen molar-refractivity contribution in [2.75, 3.05) is 61.4 Å². The summed E-state index contributed by atoms with van der Waals surface area (Å²) >= 11 is 0. The van der Waals surface area contributed by atoms with Gasteiger partial charge in [-0.1, -0.05) is 13.0 Å². The van der Waals surface area contributed by atoms with Gasteiger partial charge in [-0.3, -0.25) is 14.4 Å². The van der Waals surface area contributed by atoms with Crippen molar-refractivity contribution in [2.24, 2.45) is 17.3 Å². The number of carbonyl (C=O) groups is 6. The van der Waals surface area contributed by atoms with Crippen LogP contribution >= 0.6 is 0 Å². The Balaban J connectivity index is 0.945. The van der Waals surface area contributed by atoms with Gasteiger partial charge in [0.2, 0.25) is 18.4 Å². The summed E-state index contributed by atoms with van der Waals surface area (Å²) in [5.41, 5.74) is 0.606. The van der Waals surface area contributed by atoms with E-state index < -0.39 is 121 Å². The fourth-order valence-corrected chi connectivity index (χ4v) is 10.1. The molecule has 2 unspecified atom stereocenters. The zero-order valence-corrected chi connectivity index (χ0v) is 41.1. The monoisotopic (exact) mass is 1030 g/mol. The van der Waals surface area contributed by atoms with Crippen LogP contribution in [0.2, 0.25) is 0 Å². The molecule has 0 saturated carbocycles. The molecular weight excluding hydrogens is 967 g/mol. The first kappa shape index (κ1) is 52.9. The van der Waals surface area contributed by atoms with Crippen LogP contribution in [0, 0.1) is 17.3 Å². The molecule has 398 valence electrons. The molecule has 6 aliphatic rings. The Hall–Kier alpha value is -6.44. The van der Waals surface area contributed by atoms with Gasteiger partial charge in [0.25, 0.3) is 0 Å². The predicted octanol–water partition coefficient (Wildman–Crippen LogP) is 2.68. The Labute approximate surface area is 419 Å². The van der Waals surface area contributed by atoms with Crippen LogP contribution in [0.25, 0.3) is 0 Å². The van der Waals surface area contributed by atoms with Gasteiger partial charge in [-0.15, -0.1) is 0 Å². The fourth-order valence-electron chi connectivity index (χ4n) is 10.1. The number of rotatable bonds is 15. The predicted molar refractivity (Wildman–Crippen MR) is 246 cm³/mol. The first-order valence-electron chi connectivity index (χ1n) is 23.9. The minimum absolute atomic E-state index is 0.00683. The van der Waals surface area contributed by atoms with Crippen LogP contribution in [0.4, 0.5) is 9.59 Å². The van der Waals surface area contributed by atoms with Gasteiger partial charge in [-0.2, -0.15) is 0 Å². The second-order valence-electron chi connectivity index (χ2n) is 19.1. The summed E-state index contributed by atoms with van der Waals surface area (Å²) in [6, 6.07) is 5.14. The number of carboxylic acid groups (broad SMARTS) is 2. The highest BCUT2D eigenvalue weighted by molar-refractivity contribution is 5.89. The summed E-state index contributed by atoms with van der Waals surface area (Å²) < 4.78 is 64.5. The number of hydrogen-bond acceptors (Lipinski definition) is 19. The van der Waals surface area contributed by atoms with E-state index in [0.717, 1.165) is 0 Å². The molecule has 4 heterocycles. The molecule has 3 amide bonds. The van der Waals surface area contributed by atoms with E-state index in [9.17, 15) is 44.1 Å². The lowest BCUT2D eigenvalue weighted by molar-refractivity contribution is -0.364. The normalized spacial score (nSPS) is 30.8. The molecule has 24 nitrogen and oxygen atoms in total. The van der Waals surface area contributed by atoms with Crippen LogP contribution in [-0.2, 0) is 47.6 Å². The van der Waals surface area contributed by atoms with Crippen molar-refractivity contribution in [3.8, 4) is 28.7 Å². The summed E-state index contributed by atoms with van der Waals surface area (Å²) in [6.07, 6.45) is -5.86. The van der Waals surface area contributed by atoms with Gasteiger partial charge >= 0.3 is 30.1 Å². The number of nitrogens with zero attached hydrogens (tertiary/aromatic N) is 2. The highest BCUT2D eigenvalue weighted by atomic mass is 16.8. The highest BCUT2D eigenvalue weighted by Gasteiger charge is 2.56. The maximum atomic E-state index is 13.9. The number of likely N-dealkylation sites (N-methyl/N-ethyl adjacent to an activating group) is 2. The molecule has 13 atom stereocenters. The second kappa shape index (κ2) is 22.0. The average Bonchev–Trinajstić information content (AvgIpc) is 3.99. The van der Waals surface area contributed by atoms with Gasteiger partial charge in [0.15, 0.2) is 35.6 Å². The zero-order chi connectivity index (χ0) is 52.5. The summed E-state index contributed by atoms with van der Waals surface area (Å²) in [7, 11) is 5.69. The molecule has 3 fully saturated rings. The number of methoxy groups -OCH3 is 2. The van der Waals surface area contributed by atoms with Crippen LogP contribution in [0.5, 0.6) is 28.7 Å². The number of esters is 1. The molecule has 2 aromatic carbocycles. The van der Waals surface area contributed by atoms with Crippen LogP contribution in [0.15, 0.2) is 36.4 Å². The van der Waals surface area contributed by atoms with E-state index >= 15 is 0 Å². The van der Waals surface area contributed by atoms with Crippen molar-refractivity contribution in [1.82, 2.24) is 15.1 Å². The molecule has 0 aromatic heterocycles. The Bertz CT molecular complexity index is 2440. The lowest BCUT2D eigenvalue weighted by Crippen LogP contribution is -2.63. The van der Waals surface area contributed by atoms with Gasteiger partial charge in [0, 0.05) is 44.4 Å². The number of aliphatic carboxylic acids is 2. The number of amides is 3. The van der Waals surface area contributed by atoms with Gasteiger partial charge in [-0.25, -0.2) is 14.4 Å². The van der Waals surface area contributed by atoms with Crippen molar-refractivity contribution >= 4 is 36.0 Å². The van der Waals surface area contributed by atoms with Crippen molar-refractivity contribution < 1.29 is 101 Å². The third-order valence-electron chi connectivity index (χ3n) is 14.3. The van der Waals surface area contributed by atoms with E-state index in [0.29, 0.717) is 41.0 Å². The van der Waals surface area contributed by atoms with Gasteiger partial charge < -0.3 is 87.6 Å². The number of cyclic esters (lactones) is 1. The molecule has 73 heavy (non-hydrogen) atoms. The third kappa shape index (κ3) is 11.1. The van der Waals surface area contributed by atoms with Gasteiger partial charge in [-0.05, 0) is 79.6 Å². The minimum atomic E-state index is -1.61. The van der Waals surface area contributed by atoms with Crippen molar-refractivity contribution in [3.05, 3.63) is 53.1 Å². The molecule has 2 aliphatic carbocycles. The van der Waals surface area contributed by atoms with Gasteiger partial charge in [0.1, 0.15) is 36.6 Å². The van der Waals surface area contributed by atoms with Crippen molar-refractivity contribution in [1.29, 1.82) is 0 Å². The Morgan fingerprint density at radius 2 is 1.55 bits per heavy atom. The fraction of sp³-hybridized carbons (Fsp3) is 0.592. The lowest BCUT2D eigenvalue weighted by atomic mass is 9.66. The summed E-state index contributed by atoms with van der Waals surface area (Å²) in [5, 5.41) is 43.3. The number of aliphatic hydroxyl groups is 2. The second-order valence-corrected chi connectivity index (χ2v) is 19.1. The first-order valence-corrected chi connectivity index (χ1v) is 23.9. The first-order chi connectivity index (χ1) is 34.8.